The zero-order chi connectivity index (χ0) is 28.7. The van der Waals surface area contributed by atoms with E-state index in [0.29, 0.717) is 5.69 Å². The molecule has 12 nitrogen and oxygen atoms in total. The Bertz CT molecular complexity index is 1280. The van der Waals surface area contributed by atoms with Crippen LogP contribution in [0.15, 0.2) is 43.0 Å². The van der Waals surface area contributed by atoms with E-state index in [4.69, 9.17) is 5.73 Å². The van der Waals surface area contributed by atoms with Crippen LogP contribution in [0.25, 0.3) is 10.9 Å². The Kier molecular flexibility index (Phi) is 9.83. The van der Waals surface area contributed by atoms with Crippen molar-refractivity contribution in [3.05, 3.63) is 54.2 Å². The fraction of sp³-hybridized carbons (Fsp3) is 0.444. The molecule has 0 spiro atoms. The first-order valence-corrected chi connectivity index (χ1v) is 12.9. The molecule has 0 aliphatic rings. The lowest BCUT2D eigenvalue weighted by Gasteiger charge is -2.26. The van der Waals surface area contributed by atoms with Gasteiger partial charge >= 0.3 is 5.97 Å². The number of benzene rings is 1. The minimum atomic E-state index is -1.18. The molecule has 1 aromatic carbocycles. The quantitative estimate of drug-likeness (QED) is 0.167. The zero-order valence-electron chi connectivity index (χ0n) is 22.5. The minimum Gasteiger partial charge on any atom is -0.480 e. The third-order valence-electron chi connectivity index (χ3n) is 6.60. The molecule has 0 fully saturated rings. The number of rotatable bonds is 13. The number of carbonyl (C=O) groups is 4. The number of hydrogen-bond donors (Lipinski definition) is 7. The summed E-state index contributed by atoms with van der Waals surface area (Å²) in [4.78, 5) is 61.5. The van der Waals surface area contributed by atoms with Gasteiger partial charge in [-0.2, -0.15) is 0 Å². The number of nitrogens with zero attached hydrogens (tertiary/aromatic N) is 1. The number of aliphatic carboxylic acids is 1. The van der Waals surface area contributed by atoms with E-state index in [1.165, 1.54) is 12.5 Å². The highest BCUT2D eigenvalue weighted by Gasteiger charge is 2.32. The number of aromatic amines is 2. The van der Waals surface area contributed by atoms with Crippen molar-refractivity contribution in [2.24, 2.45) is 17.6 Å². The maximum atomic E-state index is 13.6. The maximum absolute atomic E-state index is 13.6. The molecular weight excluding hydrogens is 502 g/mol. The lowest BCUT2D eigenvalue weighted by Crippen LogP contribution is -2.59. The Hall–Kier alpha value is -4.19. The summed E-state index contributed by atoms with van der Waals surface area (Å²) >= 11 is 0. The smallest absolute Gasteiger partial charge is 0.326 e. The molecule has 8 N–H and O–H groups in total. The van der Waals surface area contributed by atoms with Crippen molar-refractivity contribution in [3.63, 3.8) is 0 Å². The van der Waals surface area contributed by atoms with Gasteiger partial charge in [0.25, 0.3) is 0 Å². The van der Waals surface area contributed by atoms with Crippen molar-refractivity contribution >= 4 is 34.6 Å². The second-order valence-corrected chi connectivity index (χ2v) is 10.3. The monoisotopic (exact) mass is 539 g/mol. The van der Waals surface area contributed by atoms with E-state index < -0.39 is 47.9 Å². The topological polar surface area (TPSA) is 195 Å². The Morgan fingerprint density at radius 1 is 0.897 bits per heavy atom. The summed E-state index contributed by atoms with van der Waals surface area (Å²) in [5, 5.41) is 18.5. The second kappa shape index (κ2) is 13.1. The lowest BCUT2D eigenvalue weighted by atomic mass is 10.0. The molecule has 3 amide bonds. The molecule has 3 aromatic rings. The molecule has 0 saturated heterocycles. The van der Waals surface area contributed by atoms with Crippen LogP contribution < -0.4 is 21.7 Å². The lowest BCUT2D eigenvalue weighted by molar-refractivity contribution is -0.143. The van der Waals surface area contributed by atoms with Crippen molar-refractivity contribution < 1.29 is 24.3 Å². The van der Waals surface area contributed by atoms with E-state index in [0.717, 1.165) is 16.5 Å². The van der Waals surface area contributed by atoms with Gasteiger partial charge in [0, 0.05) is 41.8 Å². The molecule has 3 rings (SSSR count). The molecule has 39 heavy (non-hydrogen) atoms. The van der Waals surface area contributed by atoms with E-state index in [1.54, 1.807) is 33.9 Å². The van der Waals surface area contributed by atoms with Crippen LogP contribution in [0, 0.1) is 11.8 Å². The molecule has 0 aliphatic carbocycles. The van der Waals surface area contributed by atoms with Crippen molar-refractivity contribution in [1.82, 2.24) is 30.9 Å². The standard InChI is InChI=1S/C27H37N7O5/c1-14(2)22(28)26(37)33-21(10-17-12-29-13-31-17)24(35)32-20(25(36)34-23(15(3)4)27(38)39)9-16-11-30-19-8-6-5-7-18(16)19/h5-8,11-15,20-23,30H,9-10,28H2,1-4H3,(H,29,31)(H,32,35)(H,33,37)(H,34,36)(H,38,39). The van der Waals surface area contributed by atoms with Crippen LogP contribution in [0.4, 0.5) is 0 Å². The van der Waals surface area contributed by atoms with Gasteiger partial charge in [0.2, 0.25) is 17.7 Å². The van der Waals surface area contributed by atoms with Crippen LogP contribution >= 0.6 is 0 Å². The van der Waals surface area contributed by atoms with Gasteiger partial charge in [-0.05, 0) is 23.5 Å². The highest BCUT2D eigenvalue weighted by Crippen LogP contribution is 2.19. The summed E-state index contributed by atoms with van der Waals surface area (Å²) in [6, 6.07) is 3.33. The number of aromatic nitrogens is 3. The molecule has 0 saturated carbocycles. The largest absolute Gasteiger partial charge is 0.480 e. The van der Waals surface area contributed by atoms with E-state index in [-0.39, 0.29) is 24.7 Å². The molecule has 0 aliphatic heterocycles. The van der Waals surface area contributed by atoms with Gasteiger partial charge in [-0.1, -0.05) is 45.9 Å². The molecule has 2 aromatic heterocycles. The third-order valence-corrected chi connectivity index (χ3v) is 6.60. The molecule has 4 unspecified atom stereocenters. The number of fused-ring (bicyclic) bond motifs is 1. The Morgan fingerprint density at radius 2 is 1.54 bits per heavy atom. The van der Waals surface area contributed by atoms with E-state index in [1.807, 2.05) is 24.3 Å². The summed E-state index contributed by atoms with van der Waals surface area (Å²) in [6.45, 7) is 6.95. The Morgan fingerprint density at radius 3 is 2.15 bits per heavy atom. The van der Waals surface area contributed by atoms with Crippen LogP contribution in [0.2, 0.25) is 0 Å². The third kappa shape index (κ3) is 7.66. The van der Waals surface area contributed by atoms with Crippen molar-refractivity contribution in [2.75, 3.05) is 0 Å². The van der Waals surface area contributed by atoms with Gasteiger partial charge in [0.1, 0.15) is 18.1 Å². The number of carboxylic acid groups (broad SMARTS) is 1. The van der Waals surface area contributed by atoms with Crippen LogP contribution in [-0.4, -0.2) is 67.9 Å². The number of carboxylic acids is 1. The van der Waals surface area contributed by atoms with Gasteiger partial charge < -0.3 is 36.8 Å². The number of H-pyrrole nitrogens is 2. The number of nitrogens with two attached hydrogens (primary N) is 1. The van der Waals surface area contributed by atoms with Gasteiger partial charge in [0.15, 0.2) is 0 Å². The van der Waals surface area contributed by atoms with Crippen LogP contribution in [0.5, 0.6) is 0 Å². The summed E-state index contributed by atoms with van der Waals surface area (Å²) in [6.07, 6.45) is 4.90. The number of imidazole rings is 1. The average Bonchev–Trinajstić information content (AvgIpc) is 3.55. The van der Waals surface area contributed by atoms with E-state index in [9.17, 15) is 24.3 Å². The van der Waals surface area contributed by atoms with Crippen molar-refractivity contribution in [3.8, 4) is 0 Å². The predicted molar refractivity (Wildman–Crippen MR) is 145 cm³/mol. The van der Waals surface area contributed by atoms with Crippen molar-refractivity contribution in [1.29, 1.82) is 0 Å². The van der Waals surface area contributed by atoms with Crippen LogP contribution in [-0.2, 0) is 32.0 Å². The predicted octanol–water partition coefficient (Wildman–Crippen LogP) is 0.855. The summed E-state index contributed by atoms with van der Waals surface area (Å²) in [5.74, 6) is -3.51. The van der Waals surface area contributed by atoms with Crippen molar-refractivity contribution in [2.45, 2.75) is 64.7 Å². The number of amides is 3. The number of para-hydroxylation sites is 1. The number of carbonyl (C=O) groups excluding carboxylic acids is 3. The molecule has 0 radical (unpaired) electrons. The number of nitrogens with one attached hydrogen (secondary N) is 5. The molecule has 210 valence electrons. The maximum Gasteiger partial charge on any atom is 0.326 e. The summed E-state index contributed by atoms with van der Waals surface area (Å²) < 4.78 is 0. The highest BCUT2D eigenvalue weighted by atomic mass is 16.4. The summed E-state index contributed by atoms with van der Waals surface area (Å²) in [7, 11) is 0. The Labute approximate surface area is 226 Å². The van der Waals surface area contributed by atoms with E-state index in [2.05, 4.69) is 30.9 Å². The van der Waals surface area contributed by atoms with Gasteiger partial charge in [-0.25, -0.2) is 9.78 Å². The fourth-order valence-electron chi connectivity index (χ4n) is 4.17. The average molecular weight is 540 g/mol. The van der Waals surface area contributed by atoms with Crippen LogP contribution in [0.1, 0.15) is 39.0 Å². The van der Waals surface area contributed by atoms with Gasteiger partial charge in [-0.15, -0.1) is 0 Å². The van der Waals surface area contributed by atoms with Crippen LogP contribution in [0.3, 0.4) is 0 Å². The normalized spacial score (nSPS) is 14.5. The van der Waals surface area contributed by atoms with Gasteiger partial charge in [0.05, 0.1) is 12.4 Å². The first kappa shape index (κ1) is 29.4. The highest BCUT2D eigenvalue weighted by molar-refractivity contribution is 5.95. The fourth-order valence-corrected chi connectivity index (χ4v) is 4.17. The molecular formula is C27H37N7O5. The molecule has 12 heteroatoms. The van der Waals surface area contributed by atoms with E-state index >= 15 is 0 Å². The number of hydrogen-bond acceptors (Lipinski definition) is 6. The van der Waals surface area contributed by atoms with Gasteiger partial charge in [-0.3, -0.25) is 14.4 Å². The molecule has 4 atom stereocenters. The first-order chi connectivity index (χ1) is 18.5. The first-order valence-electron chi connectivity index (χ1n) is 12.9. The second-order valence-electron chi connectivity index (χ2n) is 10.3. The minimum absolute atomic E-state index is 0.0769. The molecule has 0 bridgehead atoms. The Balaban J connectivity index is 1.89. The summed E-state index contributed by atoms with van der Waals surface area (Å²) in [5.41, 5.74) is 8.21. The SMILES string of the molecule is CC(C)C(N)C(=O)NC(Cc1cnc[nH]1)C(=O)NC(Cc1c[nH]c2ccccc12)C(=O)NC(C(=O)O)C(C)C. The molecule has 2 heterocycles. The zero-order valence-corrected chi connectivity index (χ0v) is 22.5.